The average Bonchev–Trinajstić information content (AvgIpc) is 2.98. The molecule has 95 valence electrons. The van der Waals surface area contributed by atoms with Crippen molar-refractivity contribution in [2.75, 3.05) is 7.11 Å². The number of ether oxygens (including phenoxy) is 1. The summed E-state index contributed by atoms with van der Waals surface area (Å²) in [6, 6.07) is 8.32. The van der Waals surface area contributed by atoms with Crippen molar-refractivity contribution in [2.24, 2.45) is 0 Å². The Kier molecular flexibility index (Phi) is 2.13. The number of methoxy groups -OCH3 is 1. The summed E-state index contributed by atoms with van der Waals surface area (Å²) in [6.45, 7) is 0. The molecule has 0 saturated heterocycles. The number of allylic oxidation sites excluding steroid dienone is 1. The van der Waals surface area contributed by atoms with E-state index in [-0.39, 0.29) is 17.7 Å². The Bertz CT molecular complexity index is 642. The molecule has 19 heavy (non-hydrogen) atoms. The minimum absolute atomic E-state index is 0.0944. The molecule has 0 spiro atoms. The fourth-order valence-corrected chi connectivity index (χ4v) is 3.51. The zero-order valence-electron chi connectivity index (χ0n) is 10.7. The van der Waals surface area contributed by atoms with Gasteiger partial charge in [-0.3, -0.25) is 10.1 Å². The number of fused-ring (bicyclic) bond motifs is 4. The first-order chi connectivity index (χ1) is 9.29. The largest absolute Gasteiger partial charge is 0.496 e. The van der Waals surface area contributed by atoms with Gasteiger partial charge in [0.1, 0.15) is 5.76 Å². The van der Waals surface area contributed by atoms with Gasteiger partial charge >= 0.3 is 0 Å². The topological polar surface area (TPSA) is 40.4 Å². The lowest BCUT2D eigenvalue weighted by Gasteiger charge is -2.25. The summed E-state index contributed by atoms with van der Waals surface area (Å²) in [7, 11) is 1.63. The number of hydrogen-bond acceptors (Lipinski definition) is 2. The third-order valence-corrected chi connectivity index (χ3v) is 4.29. The van der Waals surface area contributed by atoms with E-state index < -0.39 is 0 Å². The maximum atomic E-state index is 12.1. The van der Waals surface area contributed by atoms with Crippen molar-refractivity contribution in [1.82, 2.24) is 5.32 Å². The molecule has 1 radical (unpaired) electrons. The van der Waals surface area contributed by atoms with Crippen molar-refractivity contribution < 1.29 is 9.53 Å². The molecule has 0 amide bonds. The highest BCUT2D eigenvalue weighted by Crippen LogP contribution is 2.50. The van der Waals surface area contributed by atoms with Crippen LogP contribution in [0.5, 0.6) is 0 Å². The predicted octanol–water partition coefficient (Wildman–Crippen LogP) is 2.59. The van der Waals surface area contributed by atoms with Crippen molar-refractivity contribution in [3.63, 3.8) is 0 Å². The number of Topliss-reactive ketones (excluding diaryl/α,β-unsaturated/α-hetero) is 1. The molecule has 0 N–H and O–H groups in total. The van der Waals surface area contributed by atoms with E-state index in [9.17, 15) is 4.79 Å². The third-order valence-electron chi connectivity index (χ3n) is 4.29. The molecule has 1 aliphatic heterocycles. The van der Waals surface area contributed by atoms with Crippen LogP contribution < -0.4 is 5.32 Å². The minimum Gasteiger partial charge on any atom is -0.496 e. The highest BCUT2D eigenvalue weighted by atomic mass is 16.5. The molecule has 2 aliphatic carbocycles. The smallest absolute Gasteiger partial charge is 0.166 e. The lowest BCUT2D eigenvalue weighted by Crippen LogP contribution is -2.24. The first-order valence-electron chi connectivity index (χ1n) is 6.62. The fraction of sp³-hybridized carbons (Fsp3) is 0.312. The first-order valence-corrected chi connectivity index (χ1v) is 6.62. The summed E-state index contributed by atoms with van der Waals surface area (Å²) in [5.41, 5.74) is 4.34. The summed E-state index contributed by atoms with van der Waals surface area (Å²) in [5, 5.41) is 4.76. The molecule has 0 aromatic heterocycles. The molecule has 2 unspecified atom stereocenters. The maximum absolute atomic E-state index is 12.1. The number of ketones is 1. The molecule has 0 bridgehead atoms. The van der Waals surface area contributed by atoms with Crippen LogP contribution in [0, 0.1) is 0 Å². The lowest BCUT2D eigenvalue weighted by molar-refractivity contribution is -0.114. The van der Waals surface area contributed by atoms with Gasteiger partial charge in [0.2, 0.25) is 0 Å². The van der Waals surface area contributed by atoms with Gasteiger partial charge in [0, 0.05) is 12.3 Å². The quantitative estimate of drug-likeness (QED) is 0.770. The molecule has 3 heteroatoms. The van der Waals surface area contributed by atoms with Crippen LogP contribution >= 0.6 is 0 Å². The van der Waals surface area contributed by atoms with Gasteiger partial charge in [-0.2, -0.15) is 0 Å². The molecular formula is C16H14NO2. The molecule has 0 saturated carbocycles. The first kappa shape index (κ1) is 10.9. The van der Waals surface area contributed by atoms with E-state index >= 15 is 0 Å². The van der Waals surface area contributed by atoms with Crippen LogP contribution in [0.15, 0.2) is 47.2 Å². The standard InChI is InChI=1S/C16H14NO2/c1-19-14-8-12-15(10-6-7-13(18)16(10)14)9-4-2-3-5-11(9)17-12/h2-5,8,12,15H,6-7H2,1H3. The monoisotopic (exact) mass is 252 g/mol. The molecule has 1 aromatic rings. The highest BCUT2D eigenvalue weighted by Gasteiger charge is 2.43. The number of carbonyl (C=O) groups excluding carboxylic acids is 1. The fourth-order valence-electron chi connectivity index (χ4n) is 3.51. The van der Waals surface area contributed by atoms with Gasteiger partial charge in [-0.1, -0.05) is 18.2 Å². The van der Waals surface area contributed by atoms with Crippen LogP contribution in [0.4, 0.5) is 5.69 Å². The number of para-hydroxylation sites is 1. The van der Waals surface area contributed by atoms with Gasteiger partial charge in [0.15, 0.2) is 5.78 Å². The van der Waals surface area contributed by atoms with Gasteiger partial charge in [-0.15, -0.1) is 0 Å². The molecule has 4 rings (SSSR count). The molecule has 0 fully saturated rings. The highest BCUT2D eigenvalue weighted by molar-refractivity contribution is 6.03. The Morgan fingerprint density at radius 2 is 2.11 bits per heavy atom. The van der Waals surface area contributed by atoms with Crippen LogP contribution in [-0.4, -0.2) is 18.9 Å². The number of hydrogen-bond donors (Lipinski definition) is 0. The van der Waals surface area contributed by atoms with Crippen LogP contribution in [-0.2, 0) is 9.53 Å². The number of nitrogens with zero attached hydrogens (tertiary/aromatic N) is 1. The molecular weight excluding hydrogens is 238 g/mol. The van der Waals surface area contributed by atoms with Crippen molar-refractivity contribution in [3.8, 4) is 0 Å². The van der Waals surface area contributed by atoms with Crippen molar-refractivity contribution in [1.29, 1.82) is 0 Å². The van der Waals surface area contributed by atoms with E-state index in [1.165, 1.54) is 11.1 Å². The molecule has 2 atom stereocenters. The van der Waals surface area contributed by atoms with Crippen LogP contribution in [0.2, 0.25) is 0 Å². The molecule has 3 nitrogen and oxygen atoms in total. The summed E-state index contributed by atoms with van der Waals surface area (Å²) in [6.07, 6.45) is 3.46. The molecule has 3 aliphatic rings. The van der Waals surface area contributed by atoms with Crippen LogP contribution in [0.1, 0.15) is 24.3 Å². The summed E-state index contributed by atoms with van der Waals surface area (Å²) < 4.78 is 5.40. The predicted molar refractivity (Wildman–Crippen MR) is 71.1 cm³/mol. The Balaban J connectivity index is 1.90. The zero-order chi connectivity index (χ0) is 13.0. The Morgan fingerprint density at radius 3 is 2.95 bits per heavy atom. The summed E-state index contributed by atoms with van der Waals surface area (Å²) >= 11 is 0. The number of carbonyl (C=O) groups is 1. The Labute approximate surface area is 112 Å². The van der Waals surface area contributed by atoms with Crippen molar-refractivity contribution in [2.45, 2.75) is 24.8 Å². The number of rotatable bonds is 1. The molecule has 1 heterocycles. The van der Waals surface area contributed by atoms with E-state index in [1.807, 2.05) is 24.3 Å². The summed E-state index contributed by atoms with van der Waals surface area (Å²) in [4.78, 5) is 12.1. The maximum Gasteiger partial charge on any atom is 0.166 e. The van der Waals surface area contributed by atoms with Gasteiger partial charge in [-0.05, 0) is 29.7 Å². The normalized spacial score (nSPS) is 27.4. The second kappa shape index (κ2) is 3.73. The Morgan fingerprint density at radius 1 is 1.26 bits per heavy atom. The molecule has 1 aromatic carbocycles. The number of benzene rings is 1. The van der Waals surface area contributed by atoms with E-state index in [0.717, 1.165) is 23.4 Å². The minimum atomic E-state index is 0.0944. The Hall–Kier alpha value is -2.03. The van der Waals surface area contributed by atoms with Gasteiger partial charge in [-0.25, -0.2) is 0 Å². The van der Waals surface area contributed by atoms with E-state index in [0.29, 0.717) is 6.42 Å². The van der Waals surface area contributed by atoms with E-state index in [1.54, 1.807) is 7.11 Å². The van der Waals surface area contributed by atoms with Crippen LogP contribution in [0.3, 0.4) is 0 Å². The SMILES string of the molecule is COC1=CC2[N]c3ccccc3C2C2=C1C(=O)CC2. The lowest BCUT2D eigenvalue weighted by atomic mass is 9.81. The van der Waals surface area contributed by atoms with Crippen molar-refractivity contribution in [3.05, 3.63) is 52.8 Å². The van der Waals surface area contributed by atoms with E-state index in [2.05, 4.69) is 6.07 Å². The van der Waals surface area contributed by atoms with E-state index in [4.69, 9.17) is 10.1 Å². The third kappa shape index (κ3) is 1.35. The second-order valence-corrected chi connectivity index (χ2v) is 5.21. The van der Waals surface area contributed by atoms with Gasteiger partial charge < -0.3 is 4.74 Å². The van der Waals surface area contributed by atoms with Crippen molar-refractivity contribution >= 4 is 11.5 Å². The van der Waals surface area contributed by atoms with Gasteiger partial charge in [0.05, 0.1) is 24.4 Å². The summed E-state index contributed by atoms with van der Waals surface area (Å²) in [5.74, 6) is 1.18. The second-order valence-electron chi connectivity index (χ2n) is 5.21. The average molecular weight is 252 g/mol. The van der Waals surface area contributed by atoms with Gasteiger partial charge in [0.25, 0.3) is 0 Å². The van der Waals surface area contributed by atoms with Crippen LogP contribution in [0.25, 0.3) is 0 Å². The zero-order valence-corrected chi connectivity index (χ0v) is 10.7.